The van der Waals surface area contributed by atoms with E-state index in [0.29, 0.717) is 43.2 Å². The van der Waals surface area contributed by atoms with Gasteiger partial charge in [0.1, 0.15) is 5.75 Å². The fourth-order valence-electron chi connectivity index (χ4n) is 3.08. The van der Waals surface area contributed by atoms with Gasteiger partial charge in [0.25, 0.3) is 5.91 Å². The van der Waals surface area contributed by atoms with E-state index in [4.69, 9.17) is 4.74 Å². The summed E-state index contributed by atoms with van der Waals surface area (Å²) in [5.41, 5.74) is 1.22. The molecule has 4 amide bonds. The number of imide groups is 1. The maximum absolute atomic E-state index is 12.5. The van der Waals surface area contributed by atoms with E-state index >= 15 is 0 Å². The van der Waals surface area contributed by atoms with Crippen LogP contribution in [0, 0.1) is 0 Å². The third kappa shape index (κ3) is 5.79. The van der Waals surface area contributed by atoms with Crippen LogP contribution in [0.15, 0.2) is 54.6 Å². The molecule has 1 aliphatic heterocycles. The molecule has 29 heavy (non-hydrogen) atoms. The molecule has 152 valence electrons. The third-order valence-corrected chi connectivity index (χ3v) is 4.65. The van der Waals surface area contributed by atoms with Gasteiger partial charge >= 0.3 is 6.03 Å². The van der Waals surface area contributed by atoms with Crippen LogP contribution < -0.4 is 15.4 Å². The smallest absolute Gasteiger partial charge is 0.325 e. The average Bonchev–Trinajstić information content (AvgIpc) is 2.74. The molecular weight excluding hydrogens is 372 g/mol. The number of urea groups is 1. The second-order valence-corrected chi connectivity index (χ2v) is 6.67. The van der Waals surface area contributed by atoms with Crippen LogP contribution in [0.2, 0.25) is 0 Å². The summed E-state index contributed by atoms with van der Waals surface area (Å²) in [4.78, 5) is 40.3. The van der Waals surface area contributed by atoms with Gasteiger partial charge in [-0.05, 0) is 36.4 Å². The van der Waals surface area contributed by atoms with Crippen molar-refractivity contribution in [1.29, 1.82) is 0 Å². The van der Waals surface area contributed by atoms with Crippen molar-refractivity contribution < 1.29 is 19.1 Å². The normalized spacial score (nSPS) is 14.2. The highest BCUT2D eigenvalue weighted by molar-refractivity contribution is 6.01. The largest absolute Gasteiger partial charge is 0.497 e. The van der Waals surface area contributed by atoms with E-state index in [1.54, 1.807) is 48.4 Å². The Labute approximate surface area is 169 Å². The number of anilines is 1. The molecule has 0 saturated carbocycles. The maximum atomic E-state index is 12.5. The van der Waals surface area contributed by atoms with Crippen LogP contribution in [0.4, 0.5) is 10.5 Å². The van der Waals surface area contributed by atoms with Crippen LogP contribution in [0.5, 0.6) is 5.75 Å². The van der Waals surface area contributed by atoms with Crippen molar-refractivity contribution in [2.75, 3.05) is 45.2 Å². The van der Waals surface area contributed by atoms with Gasteiger partial charge in [0.15, 0.2) is 0 Å². The topological polar surface area (TPSA) is 91.0 Å². The number of nitrogens with zero attached hydrogens (tertiary/aromatic N) is 2. The van der Waals surface area contributed by atoms with E-state index < -0.39 is 6.03 Å². The number of rotatable bonds is 5. The van der Waals surface area contributed by atoms with Crippen molar-refractivity contribution >= 4 is 23.5 Å². The van der Waals surface area contributed by atoms with Gasteiger partial charge in [-0.25, -0.2) is 4.79 Å². The molecular formula is C21H24N4O4. The summed E-state index contributed by atoms with van der Waals surface area (Å²) in [6.07, 6.45) is 0. The number of hydrogen-bond donors (Lipinski definition) is 2. The summed E-state index contributed by atoms with van der Waals surface area (Å²) in [5, 5.41) is 4.93. The fourth-order valence-corrected chi connectivity index (χ4v) is 3.08. The number of carbonyl (C=O) groups is 3. The molecule has 2 N–H and O–H groups in total. The van der Waals surface area contributed by atoms with Gasteiger partial charge in [-0.2, -0.15) is 0 Å². The fraction of sp³-hybridized carbons (Fsp3) is 0.286. The maximum Gasteiger partial charge on any atom is 0.325 e. The SMILES string of the molecule is COc1ccc(NC(=O)NC(=O)CN2CCN(C(=O)c3ccccc3)CC2)cc1. The van der Waals surface area contributed by atoms with E-state index in [1.165, 1.54) is 0 Å². The minimum atomic E-state index is -0.585. The molecule has 1 aliphatic rings. The lowest BCUT2D eigenvalue weighted by atomic mass is 10.2. The Hall–Kier alpha value is -3.39. The number of carbonyl (C=O) groups excluding carboxylic acids is 3. The first-order valence-electron chi connectivity index (χ1n) is 9.37. The summed E-state index contributed by atoms with van der Waals surface area (Å²) in [5.74, 6) is 0.282. The summed E-state index contributed by atoms with van der Waals surface area (Å²) >= 11 is 0. The molecule has 0 radical (unpaired) electrons. The molecule has 1 saturated heterocycles. The Morgan fingerprint density at radius 1 is 0.931 bits per heavy atom. The number of amides is 4. The third-order valence-electron chi connectivity index (χ3n) is 4.65. The molecule has 2 aromatic carbocycles. The summed E-state index contributed by atoms with van der Waals surface area (Å²) < 4.78 is 5.06. The highest BCUT2D eigenvalue weighted by Crippen LogP contribution is 2.14. The first kappa shape index (κ1) is 20.3. The molecule has 0 bridgehead atoms. The van der Waals surface area contributed by atoms with Crippen LogP contribution in [0.1, 0.15) is 10.4 Å². The first-order chi connectivity index (χ1) is 14.0. The second-order valence-electron chi connectivity index (χ2n) is 6.67. The van der Waals surface area contributed by atoms with Crippen molar-refractivity contribution in [2.45, 2.75) is 0 Å². The van der Waals surface area contributed by atoms with Crippen LogP contribution in [-0.4, -0.2) is 67.5 Å². The van der Waals surface area contributed by atoms with Gasteiger partial charge in [-0.3, -0.25) is 19.8 Å². The summed E-state index contributed by atoms with van der Waals surface area (Å²) in [6.45, 7) is 2.33. The highest BCUT2D eigenvalue weighted by atomic mass is 16.5. The number of methoxy groups -OCH3 is 1. The monoisotopic (exact) mass is 396 g/mol. The zero-order valence-electron chi connectivity index (χ0n) is 16.3. The van der Waals surface area contributed by atoms with Crippen LogP contribution in [0.3, 0.4) is 0 Å². The van der Waals surface area contributed by atoms with Gasteiger partial charge in [0.2, 0.25) is 5.91 Å². The molecule has 8 heteroatoms. The van der Waals surface area contributed by atoms with Crippen molar-refractivity contribution in [1.82, 2.24) is 15.1 Å². The van der Waals surface area contributed by atoms with Crippen LogP contribution >= 0.6 is 0 Å². The summed E-state index contributed by atoms with van der Waals surface area (Å²) in [7, 11) is 1.56. The standard InChI is InChI=1S/C21H24N4O4/c1-29-18-9-7-17(8-10-18)22-21(28)23-19(26)15-24-11-13-25(14-12-24)20(27)16-5-3-2-4-6-16/h2-10H,11-15H2,1H3,(H2,22,23,26,28). The number of piperazine rings is 1. The van der Waals surface area contributed by atoms with Gasteiger partial charge in [0.05, 0.1) is 13.7 Å². The zero-order valence-corrected chi connectivity index (χ0v) is 16.3. The molecule has 1 heterocycles. The quantitative estimate of drug-likeness (QED) is 0.804. The zero-order chi connectivity index (χ0) is 20.6. The van der Waals surface area contributed by atoms with Crippen molar-refractivity contribution in [3.63, 3.8) is 0 Å². The lowest BCUT2D eigenvalue weighted by Crippen LogP contribution is -2.51. The number of nitrogens with one attached hydrogen (secondary N) is 2. The highest BCUT2D eigenvalue weighted by Gasteiger charge is 2.23. The molecule has 0 aromatic heterocycles. The van der Waals surface area contributed by atoms with E-state index in [2.05, 4.69) is 10.6 Å². The van der Waals surface area contributed by atoms with Gasteiger partial charge in [0, 0.05) is 37.4 Å². The van der Waals surface area contributed by atoms with Crippen molar-refractivity contribution in [3.05, 3.63) is 60.2 Å². The Kier molecular flexibility index (Phi) is 6.80. The average molecular weight is 396 g/mol. The molecule has 3 rings (SSSR count). The Bertz CT molecular complexity index is 847. The van der Waals surface area contributed by atoms with Crippen LogP contribution in [-0.2, 0) is 4.79 Å². The lowest BCUT2D eigenvalue weighted by molar-refractivity contribution is -0.121. The Morgan fingerprint density at radius 2 is 1.59 bits per heavy atom. The molecule has 0 unspecified atom stereocenters. The predicted molar refractivity (Wildman–Crippen MR) is 109 cm³/mol. The summed E-state index contributed by atoms with van der Waals surface area (Å²) in [6, 6.07) is 15.4. The van der Waals surface area contributed by atoms with E-state index in [0.717, 1.165) is 0 Å². The molecule has 2 aromatic rings. The number of benzene rings is 2. The van der Waals surface area contributed by atoms with Gasteiger partial charge in [-0.15, -0.1) is 0 Å². The molecule has 1 fully saturated rings. The van der Waals surface area contributed by atoms with E-state index in [9.17, 15) is 14.4 Å². The number of hydrogen-bond acceptors (Lipinski definition) is 5. The Balaban J connectivity index is 1.41. The van der Waals surface area contributed by atoms with E-state index in [-0.39, 0.29) is 18.4 Å². The number of ether oxygens (including phenoxy) is 1. The van der Waals surface area contributed by atoms with Crippen molar-refractivity contribution in [2.24, 2.45) is 0 Å². The molecule has 0 spiro atoms. The van der Waals surface area contributed by atoms with Crippen molar-refractivity contribution in [3.8, 4) is 5.75 Å². The minimum Gasteiger partial charge on any atom is -0.497 e. The Morgan fingerprint density at radius 3 is 2.21 bits per heavy atom. The van der Waals surface area contributed by atoms with E-state index in [1.807, 2.05) is 23.1 Å². The minimum absolute atomic E-state index is 0.00595. The molecule has 0 atom stereocenters. The van der Waals surface area contributed by atoms with Crippen LogP contribution in [0.25, 0.3) is 0 Å². The van der Waals surface area contributed by atoms with Gasteiger partial charge in [-0.1, -0.05) is 18.2 Å². The first-order valence-corrected chi connectivity index (χ1v) is 9.37. The predicted octanol–water partition coefficient (Wildman–Crippen LogP) is 1.80. The van der Waals surface area contributed by atoms with Gasteiger partial charge < -0.3 is 15.0 Å². The lowest BCUT2D eigenvalue weighted by Gasteiger charge is -2.34. The second kappa shape index (κ2) is 9.70. The molecule has 0 aliphatic carbocycles. The molecule has 8 nitrogen and oxygen atoms in total.